The number of anilines is 1. The van der Waals surface area contributed by atoms with E-state index in [1.54, 1.807) is 18.2 Å². The molecule has 1 aliphatic carbocycles. The van der Waals surface area contributed by atoms with Crippen molar-refractivity contribution in [2.24, 2.45) is 16.1 Å². The summed E-state index contributed by atoms with van der Waals surface area (Å²) in [5.41, 5.74) is 1.03. The predicted octanol–water partition coefficient (Wildman–Crippen LogP) is 4.16. The van der Waals surface area contributed by atoms with E-state index in [1.807, 2.05) is 17.0 Å². The van der Waals surface area contributed by atoms with Gasteiger partial charge in [0.05, 0.1) is 33.5 Å². The molecule has 2 N–H and O–H groups in total. The number of benzene rings is 2. The molecular formula is C41H45ClFN9O6. The molecule has 2 aromatic carbocycles. The number of fused-ring (bicyclic) bond motifs is 1. The lowest BCUT2D eigenvalue weighted by Gasteiger charge is -2.40. The second kappa shape index (κ2) is 16.9. The van der Waals surface area contributed by atoms with Crippen molar-refractivity contribution in [3.63, 3.8) is 0 Å². The van der Waals surface area contributed by atoms with Crippen LogP contribution in [0.3, 0.4) is 0 Å². The number of hydrogen-bond donors (Lipinski definition) is 2. The number of likely N-dealkylation sites (tertiary alicyclic amines) is 1. The fourth-order valence-corrected chi connectivity index (χ4v) is 9.13. The molecule has 5 heterocycles. The summed E-state index contributed by atoms with van der Waals surface area (Å²) in [5, 5.41) is 23.6. The number of rotatable bonds is 9. The third-order valence-electron chi connectivity index (χ3n) is 12.2. The Kier molecular flexibility index (Phi) is 11.6. The minimum absolute atomic E-state index is 0.0148. The van der Waals surface area contributed by atoms with Crippen LogP contribution in [0.4, 0.5) is 10.1 Å². The second-order valence-electron chi connectivity index (χ2n) is 15.9. The number of piperidine rings is 2. The maximum atomic E-state index is 15.4. The molecule has 1 saturated carbocycles. The lowest BCUT2D eigenvalue weighted by atomic mass is 9.92. The van der Waals surface area contributed by atoms with Crippen LogP contribution in [0.25, 0.3) is 0 Å². The van der Waals surface area contributed by atoms with Crippen molar-refractivity contribution in [1.82, 2.24) is 25.3 Å². The molecule has 2 aromatic rings. The quantitative estimate of drug-likeness (QED) is 0.349. The Bertz CT molecular complexity index is 2100. The van der Waals surface area contributed by atoms with Gasteiger partial charge in [0.15, 0.2) is 0 Å². The molecule has 17 heteroatoms. The molecule has 0 aromatic heterocycles. The largest absolute Gasteiger partial charge is 0.490 e. The van der Waals surface area contributed by atoms with Crippen molar-refractivity contribution in [1.29, 1.82) is 5.26 Å². The van der Waals surface area contributed by atoms with Crippen molar-refractivity contribution in [3.05, 3.63) is 69.6 Å². The molecular weight excluding hydrogens is 769 g/mol. The minimum atomic E-state index is -1.10. The van der Waals surface area contributed by atoms with Gasteiger partial charge >= 0.3 is 0 Å². The summed E-state index contributed by atoms with van der Waals surface area (Å²) in [5.74, 6) is -2.19. The van der Waals surface area contributed by atoms with Crippen LogP contribution in [0.5, 0.6) is 5.75 Å². The lowest BCUT2D eigenvalue weighted by Crippen LogP contribution is -2.54. The monoisotopic (exact) mass is 813 g/mol. The van der Waals surface area contributed by atoms with Crippen LogP contribution < -0.4 is 20.3 Å². The van der Waals surface area contributed by atoms with Gasteiger partial charge in [0.2, 0.25) is 11.8 Å². The molecule has 58 heavy (non-hydrogen) atoms. The first-order valence-electron chi connectivity index (χ1n) is 20.1. The SMILES string of the molecule is N#Cc1ccc(OC2CCC(NC(=O)C3=CCC(N4CCC(CN5CCN(c6cc7c(cc6F)C(=O)N(C6CCC(=O)NC6=O)C7=O)CC5)CC4)N=N3)CC2)cc1Cl. The number of carbonyl (C=O) groups excluding carboxylic acids is 5. The average molecular weight is 814 g/mol. The van der Waals surface area contributed by atoms with Crippen molar-refractivity contribution in [2.75, 3.05) is 50.7 Å². The Balaban J connectivity index is 0.747. The Labute approximate surface area is 340 Å². The van der Waals surface area contributed by atoms with Crippen molar-refractivity contribution in [3.8, 4) is 11.8 Å². The first-order chi connectivity index (χ1) is 28.0. The van der Waals surface area contributed by atoms with Gasteiger partial charge in [-0.1, -0.05) is 11.6 Å². The van der Waals surface area contributed by atoms with E-state index in [-0.39, 0.29) is 53.9 Å². The molecule has 6 aliphatic rings. The molecule has 2 atom stereocenters. The highest BCUT2D eigenvalue weighted by atomic mass is 35.5. The Morgan fingerprint density at radius 1 is 0.948 bits per heavy atom. The number of halogens is 2. The number of ether oxygens (including phenoxy) is 1. The second-order valence-corrected chi connectivity index (χ2v) is 16.3. The van der Waals surface area contributed by atoms with E-state index in [0.29, 0.717) is 47.5 Å². The molecule has 0 bridgehead atoms. The van der Waals surface area contributed by atoms with Gasteiger partial charge in [0, 0.05) is 70.8 Å². The number of nitrogens with one attached hydrogen (secondary N) is 2. The van der Waals surface area contributed by atoms with Gasteiger partial charge < -0.3 is 15.0 Å². The Morgan fingerprint density at radius 3 is 2.33 bits per heavy atom. The smallest absolute Gasteiger partial charge is 0.271 e. The molecule has 304 valence electrons. The molecule has 2 unspecified atom stereocenters. The zero-order chi connectivity index (χ0) is 40.5. The highest BCUT2D eigenvalue weighted by Crippen LogP contribution is 2.34. The van der Waals surface area contributed by atoms with Crippen molar-refractivity contribution < 1.29 is 33.1 Å². The Hall–Kier alpha value is -5.24. The summed E-state index contributed by atoms with van der Waals surface area (Å²) < 4.78 is 21.5. The fourth-order valence-electron chi connectivity index (χ4n) is 8.92. The van der Waals surface area contributed by atoms with Crippen LogP contribution in [0.1, 0.15) is 84.1 Å². The third kappa shape index (κ3) is 8.34. The van der Waals surface area contributed by atoms with E-state index < -0.39 is 35.5 Å². The number of carbonyl (C=O) groups is 5. The number of nitrogens with zero attached hydrogens (tertiary/aromatic N) is 7. The first kappa shape index (κ1) is 39.6. The fraction of sp³-hybridized carbons (Fsp3) is 0.512. The van der Waals surface area contributed by atoms with Crippen LogP contribution in [0, 0.1) is 23.1 Å². The van der Waals surface area contributed by atoms with Gasteiger partial charge in [-0.2, -0.15) is 10.4 Å². The topological polar surface area (TPSA) is 180 Å². The third-order valence-corrected chi connectivity index (χ3v) is 12.5. The molecule has 3 saturated heterocycles. The molecule has 5 aliphatic heterocycles. The van der Waals surface area contributed by atoms with Crippen molar-refractivity contribution >= 4 is 46.8 Å². The molecule has 4 fully saturated rings. The van der Waals surface area contributed by atoms with Crippen LogP contribution in [0.2, 0.25) is 5.02 Å². The highest BCUT2D eigenvalue weighted by molar-refractivity contribution is 6.31. The van der Waals surface area contributed by atoms with Crippen molar-refractivity contribution in [2.45, 2.75) is 82.1 Å². The molecule has 5 amide bonds. The van der Waals surface area contributed by atoms with E-state index in [4.69, 9.17) is 21.6 Å². The van der Waals surface area contributed by atoms with E-state index in [1.165, 1.54) is 6.07 Å². The van der Waals surface area contributed by atoms with E-state index in [2.05, 4.69) is 30.7 Å². The standard InChI is InChI=1S/C41H45ClFN9O6/c42-31-19-28(4-1-25(31)22-44)58-27-5-2-26(3-6-27)45-38(54)33-7-9-36(48-47-33)51-13-11-24(12-14-51)23-49-15-17-50(18-16-49)35-21-30-29(20-32(35)43)40(56)52(41(30)57)34-8-10-37(53)46-39(34)55/h1,4,7,19-21,24,26-27,34,36H,2-3,5-6,8-18,23H2,(H,45,54)(H,46,53,55). The number of azo groups is 1. The highest BCUT2D eigenvalue weighted by Gasteiger charge is 2.45. The number of hydrogen-bond acceptors (Lipinski definition) is 12. The summed E-state index contributed by atoms with van der Waals surface area (Å²) in [4.78, 5) is 70.9. The summed E-state index contributed by atoms with van der Waals surface area (Å²) in [6.45, 7) is 5.26. The summed E-state index contributed by atoms with van der Waals surface area (Å²) in [7, 11) is 0. The van der Waals surface area contributed by atoms with Gasteiger partial charge in [-0.05, 0) is 81.2 Å². The summed E-state index contributed by atoms with van der Waals surface area (Å²) >= 11 is 6.14. The van der Waals surface area contributed by atoms with Gasteiger partial charge in [-0.3, -0.25) is 44.0 Å². The normalized spacial score (nSPS) is 25.9. The van der Waals surface area contributed by atoms with Gasteiger partial charge in [0.25, 0.3) is 17.7 Å². The number of piperazine rings is 1. The first-order valence-corrected chi connectivity index (χ1v) is 20.5. The number of amides is 5. The van der Waals surface area contributed by atoms with Crippen LogP contribution in [-0.4, -0.2) is 114 Å². The maximum absolute atomic E-state index is 15.4. The molecule has 15 nitrogen and oxygen atoms in total. The summed E-state index contributed by atoms with van der Waals surface area (Å²) in [6.07, 6.45) is 7.64. The maximum Gasteiger partial charge on any atom is 0.271 e. The van der Waals surface area contributed by atoms with E-state index in [9.17, 15) is 24.0 Å². The zero-order valence-electron chi connectivity index (χ0n) is 32.0. The minimum Gasteiger partial charge on any atom is -0.490 e. The zero-order valence-corrected chi connectivity index (χ0v) is 32.8. The van der Waals surface area contributed by atoms with E-state index in [0.717, 1.165) is 82.2 Å². The molecule has 8 rings (SSSR count). The predicted molar refractivity (Wildman–Crippen MR) is 208 cm³/mol. The number of nitriles is 1. The van der Waals surface area contributed by atoms with Crippen LogP contribution >= 0.6 is 11.6 Å². The van der Waals surface area contributed by atoms with Crippen LogP contribution in [-0.2, 0) is 14.4 Å². The average Bonchev–Trinajstić information content (AvgIpc) is 3.46. The van der Waals surface area contributed by atoms with Crippen LogP contribution in [0.15, 0.2) is 52.3 Å². The van der Waals surface area contributed by atoms with Gasteiger partial charge in [0.1, 0.15) is 35.5 Å². The number of imide groups is 2. The van der Waals surface area contributed by atoms with Gasteiger partial charge in [-0.15, -0.1) is 5.11 Å². The molecule has 0 radical (unpaired) electrons. The van der Waals surface area contributed by atoms with Gasteiger partial charge in [-0.25, -0.2) is 4.39 Å². The van der Waals surface area contributed by atoms with E-state index >= 15 is 4.39 Å². The Morgan fingerprint density at radius 2 is 1.67 bits per heavy atom. The summed E-state index contributed by atoms with van der Waals surface area (Å²) in [6, 6.07) is 8.57. The lowest BCUT2D eigenvalue weighted by molar-refractivity contribution is -0.136. The molecule has 0 spiro atoms.